The van der Waals surface area contributed by atoms with Crippen LogP contribution in [0.4, 0.5) is 9.93 Å². The zero-order valence-corrected chi connectivity index (χ0v) is 12.1. The van der Waals surface area contributed by atoms with E-state index in [-0.39, 0.29) is 17.9 Å². The first-order valence-electron chi connectivity index (χ1n) is 5.83. The number of nitrogens with one attached hydrogen (secondary N) is 1. The molecule has 3 amide bonds. The second kappa shape index (κ2) is 6.20. The van der Waals surface area contributed by atoms with E-state index in [9.17, 15) is 9.59 Å². The van der Waals surface area contributed by atoms with E-state index < -0.39 is 0 Å². The fourth-order valence-electron chi connectivity index (χ4n) is 1.91. The van der Waals surface area contributed by atoms with Crippen molar-refractivity contribution < 1.29 is 9.59 Å². The number of aromatic nitrogens is 2. The number of anilines is 1. The average molecular weight is 301 g/mol. The first-order valence-corrected chi connectivity index (χ1v) is 7.83. The largest absolute Gasteiger partial charge is 0.369 e. The number of urea groups is 1. The van der Waals surface area contributed by atoms with Crippen molar-refractivity contribution in [2.24, 2.45) is 11.7 Å². The van der Waals surface area contributed by atoms with Crippen LogP contribution in [-0.4, -0.2) is 45.5 Å². The van der Waals surface area contributed by atoms with Gasteiger partial charge in [0.05, 0.1) is 5.92 Å². The van der Waals surface area contributed by atoms with E-state index in [1.165, 1.54) is 11.8 Å². The van der Waals surface area contributed by atoms with Crippen LogP contribution in [0.1, 0.15) is 12.8 Å². The number of carbonyl (C=O) groups is 2. The van der Waals surface area contributed by atoms with Crippen molar-refractivity contribution in [1.82, 2.24) is 14.3 Å². The third kappa shape index (κ3) is 3.57. The van der Waals surface area contributed by atoms with E-state index in [2.05, 4.69) is 14.7 Å². The number of hydrogen-bond acceptors (Lipinski definition) is 6. The molecular formula is C10H15N5O2S2. The Kier molecular flexibility index (Phi) is 4.59. The Labute approximate surface area is 119 Å². The van der Waals surface area contributed by atoms with E-state index in [0.717, 1.165) is 24.4 Å². The predicted molar refractivity (Wildman–Crippen MR) is 74.2 cm³/mol. The molecule has 2 rings (SSSR count). The van der Waals surface area contributed by atoms with Gasteiger partial charge in [-0.1, -0.05) is 11.8 Å². The van der Waals surface area contributed by atoms with Crippen molar-refractivity contribution in [2.75, 3.05) is 24.7 Å². The highest BCUT2D eigenvalue weighted by Crippen LogP contribution is 2.20. The number of primary amides is 1. The Morgan fingerprint density at radius 2 is 2.37 bits per heavy atom. The van der Waals surface area contributed by atoms with E-state index >= 15 is 0 Å². The Bertz CT molecular complexity index is 478. The molecular weight excluding hydrogens is 286 g/mol. The summed E-state index contributed by atoms with van der Waals surface area (Å²) in [5.41, 5.74) is 5.28. The number of amides is 3. The minimum atomic E-state index is -0.349. The van der Waals surface area contributed by atoms with Gasteiger partial charge in [0, 0.05) is 24.6 Å². The van der Waals surface area contributed by atoms with Crippen LogP contribution in [0.25, 0.3) is 0 Å². The third-order valence-electron chi connectivity index (χ3n) is 2.91. The van der Waals surface area contributed by atoms with Gasteiger partial charge in [0.2, 0.25) is 16.2 Å². The van der Waals surface area contributed by atoms with Gasteiger partial charge in [0.1, 0.15) is 0 Å². The predicted octanol–water partition coefficient (Wildman–Crippen LogP) is 0.989. The third-order valence-corrected chi connectivity index (χ3v) is 4.21. The quantitative estimate of drug-likeness (QED) is 0.811. The first-order chi connectivity index (χ1) is 9.10. The van der Waals surface area contributed by atoms with E-state index in [1.807, 2.05) is 6.26 Å². The Balaban J connectivity index is 1.93. The van der Waals surface area contributed by atoms with Gasteiger partial charge in [-0.05, 0) is 19.1 Å². The van der Waals surface area contributed by atoms with Gasteiger partial charge in [0.15, 0.2) is 0 Å². The molecule has 19 heavy (non-hydrogen) atoms. The first kappa shape index (κ1) is 14.1. The number of thioether (sulfide) groups is 1. The molecule has 0 bridgehead atoms. The number of rotatable bonds is 3. The van der Waals surface area contributed by atoms with Crippen LogP contribution in [0, 0.1) is 5.92 Å². The summed E-state index contributed by atoms with van der Waals surface area (Å²) in [5.74, 6) is -0.603. The second-order valence-corrected chi connectivity index (χ2v) is 5.73. The molecule has 2 heterocycles. The van der Waals surface area contributed by atoms with Crippen molar-refractivity contribution in [3.05, 3.63) is 0 Å². The van der Waals surface area contributed by atoms with Crippen LogP contribution in [-0.2, 0) is 4.79 Å². The standard InChI is InChI=1S/C10H15N5O2S2/c1-18-9-12-8(19-14-9)13-10(17)15-4-2-3-6(5-15)7(11)16/h6H,2-5H2,1H3,(H2,11,16)(H,12,13,14,17)/t6-/m1/s1. The van der Waals surface area contributed by atoms with Crippen molar-refractivity contribution in [3.8, 4) is 0 Å². The van der Waals surface area contributed by atoms with Crippen LogP contribution >= 0.6 is 23.3 Å². The molecule has 1 aliphatic heterocycles. The summed E-state index contributed by atoms with van der Waals surface area (Å²) in [5, 5.41) is 3.79. The lowest BCUT2D eigenvalue weighted by molar-refractivity contribution is -0.123. The lowest BCUT2D eigenvalue weighted by Crippen LogP contribution is -2.45. The van der Waals surface area contributed by atoms with Gasteiger partial charge in [0.25, 0.3) is 0 Å². The molecule has 1 aromatic rings. The minimum Gasteiger partial charge on any atom is -0.369 e. The summed E-state index contributed by atoms with van der Waals surface area (Å²) in [6.45, 7) is 0.999. The molecule has 0 radical (unpaired) electrons. The molecule has 104 valence electrons. The molecule has 0 aromatic carbocycles. The van der Waals surface area contributed by atoms with E-state index in [1.54, 1.807) is 4.90 Å². The van der Waals surface area contributed by atoms with Gasteiger partial charge in [-0.2, -0.15) is 9.36 Å². The SMILES string of the molecule is CSc1nsc(NC(=O)N2CCC[C@@H](C(N)=O)C2)n1. The maximum Gasteiger partial charge on any atom is 0.323 e. The van der Waals surface area contributed by atoms with Gasteiger partial charge in [-0.25, -0.2) is 4.79 Å². The second-order valence-electron chi connectivity index (χ2n) is 4.20. The molecule has 1 fully saturated rings. The Hall–Kier alpha value is -1.35. The molecule has 0 saturated carbocycles. The molecule has 0 aliphatic carbocycles. The van der Waals surface area contributed by atoms with Crippen molar-refractivity contribution in [2.45, 2.75) is 18.0 Å². The maximum absolute atomic E-state index is 12.0. The number of nitrogens with two attached hydrogens (primary N) is 1. The number of hydrogen-bond donors (Lipinski definition) is 2. The Morgan fingerprint density at radius 3 is 3.00 bits per heavy atom. The summed E-state index contributed by atoms with van der Waals surface area (Å²) < 4.78 is 4.06. The highest BCUT2D eigenvalue weighted by atomic mass is 32.2. The lowest BCUT2D eigenvalue weighted by atomic mass is 9.98. The molecule has 7 nitrogen and oxygen atoms in total. The summed E-state index contributed by atoms with van der Waals surface area (Å²) in [4.78, 5) is 28.9. The molecule has 3 N–H and O–H groups in total. The van der Waals surface area contributed by atoms with Crippen molar-refractivity contribution in [1.29, 1.82) is 0 Å². The number of nitrogens with zero attached hydrogens (tertiary/aromatic N) is 3. The van der Waals surface area contributed by atoms with Gasteiger partial charge in [-0.15, -0.1) is 0 Å². The number of likely N-dealkylation sites (tertiary alicyclic amines) is 1. The van der Waals surface area contributed by atoms with Crippen LogP contribution in [0.5, 0.6) is 0 Å². The van der Waals surface area contributed by atoms with Crippen molar-refractivity contribution >= 4 is 40.4 Å². The summed E-state index contributed by atoms with van der Waals surface area (Å²) >= 11 is 2.56. The van der Waals surface area contributed by atoms with E-state index in [0.29, 0.717) is 23.4 Å². The van der Waals surface area contributed by atoms with Gasteiger partial charge >= 0.3 is 6.03 Å². The lowest BCUT2D eigenvalue weighted by Gasteiger charge is -2.30. The van der Waals surface area contributed by atoms with Gasteiger partial charge in [-0.3, -0.25) is 10.1 Å². The highest BCUT2D eigenvalue weighted by molar-refractivity contribution is 7.98. The van der Waals surface area contributed by atoms with Crippen LogP contribution < -0.4 is 11.1 Å². The summed E-state index contributed by atoms with van der Waals surface area (Å²) in [6, 6.07) is -0.255. The molecule has 1 atom stereocenters. The molecule has 0 unspecified atom stereocenters. The number of carbonyl (C=O) groups excluding carboxylic acids is 2. The smallest absolute Gasteiger partial charge is 0.323 e. The minimum absolute atomic E-state index is 0.254. The molecule has 1 aromatic heterocycles. The maximum atomic E-state index is 12.0. The summed E-state index contributed by atoms with van der Waals surface area (Å²) in [7, 11) is 0. The average Bonchev–Trinajstić information content (AvgIpc) is 2.86. The zero-order chi connectivity index (χ0) is 13.8. The van der Waals surface area contributed by atoms with Crippen LogP contribution in [0.2, 0.25) is 0 Å². The highest BCUT2D eigenvalue weighted by Gasteiger charge is 2.27. The fourth-order valence-corrected chi connectivity index (χ4v) is 3.02. The summed E-state index contributed by atoms with van der Waals surface area (Å²) in [6.07, 6.45) is 3.40. The van der Waals surface area contributed by atoms with Crippen molar-refractivity contribution in [3.63, 3.8) is 0 Å². The van der Waals surface area contributed by atoms with E-state index in [4.69, 9.17) is 5.73 Å². The van der Waals surface area contributed by atoms with Crippen LogP contribution in [0.15, 0.2) is 5.16 Å². The molecule has 1 saturated heterocycles. The van der Waals surface area contributed by atoms with Crippen LogP contribution in [0.3, 0.4) is 0 Å². The monoisotopic (exact) mass is 301 g/mol. The Morgan fingerprint density at radius 1 is 1.58 bits per heavy atom. The normalized spacial score (nSPS) is 19.2. The van der Waals surface area contributed by atoms with Gasteiger partial charge < -0.3 is 10.6 Å². The zero-order valence-electron chi connectivity index (χ0n) is 10.5. The molecule has 1 aliphatic rings. The molecule has 0 spiro atoms. The molecule has 9 heteroatoms. The fraction of sp³-hybridized carbons (Fsp3) is 0.600. The number of piperidine rings is 1. The topological polar surface area (TPSA) is 101 Å².